The highest BCUT2D eigenvalue weighted by Gasteiger charge is 2.13. The van der Waals surface area contributed by atoms with Crippen molar-refractivity contribution < 1.29 is 4.39 Å². The molecule has 0 saturated heterocycles. The first-order chi connectivity index (χ1) is 9.58. The average molecular weight is 336 g/mol. The van der Waals surface area contributed by atoms with Gasteiger partial charge in [0.2, 0.25) is 0 Å². The fourth-order valence-electron chi connectivity index (χ4n) is 2.41. The first-order valence-corrected chi connectivity index (χ1v) is 7.62. The Morgan fingerprint density at radius 3 is 2.65 bits per heavy atom. The molecule has 0 aliphatic rings. The highest BCUT2D eigenvalue weighted by atomic mass is 79.9. The molecule has 0 amide bonds. The minimum absolute atomic E-state index is 0.119. The quantitative estimate of drug-likeness (QED) is 0.828. The van der Waals surface area contributed by atoms with E-state index >= 15 is 0 Å². The maximum absolute atomic E-state index is 13.6. The van der Waals surface area contributed by atoms with Crippen molar-refractivity contribution in [3.05, 3.63) is 69.4 Å². The van der Waals surface area contributed by atoms with E-state index in [1.54, 1.807) is 6.07 Å². The van der Waals surface area contributed by atoms with Crippen LogP contribution in [0.2, 0.25) is 0 Å². The summed E-state index contributed by atoms with van der Waals surface area (Å²) in [5, 5.41) is 3.43. The molecule has 0 aromatic heterocycles. The second-order valence-electron chi connectivity index (χ2n) is 5.01. The Hall–Kier alpha value is -1.19. The first-order valence-electron chi connectivity index (χ1n) is 6.83. The van der Waals surface area contributed by atoms with Gasteiger partial charge in [0.15, 0.2) is 0 Å². The van der Waals surface area contributed by atoms with Gasteiger partial charge in [0, 0.05) is 10.5 Å². The van der Waals surface area contributed by atoms with Gasteiger partial charge in [-0.15, -0.1) is 0 Å². The van der Waals surface area contributed by atoms with E-state index in [0.29, 0.717) is 0 Å². The Bertz CT molecular complexity index is 563. The van der Waals surface area contributed by atoms with Gasteiger partial charge in [-0.25, -0.2) is 4.39 Å². The number of likely N-dealkylation sites (N-methyl/N-ethyl adjacent to an activating group) is 1. The van der Waals surface area contributed by atoms with Crippen LogP contribution in [0.3, 0.4) is 0 Å². The largest absolute Gasteiger partial charge is 0.310 e. The third kappa shape index (κ3) is 4.15. The molecular weight excluding hydrogens is 317 g/mol. The van der Waals surface area contributed by atoms with E-state index in [-0.39, 0.29) is 11.9 Å². The summed E-state index contributed by atoms with van der Waals surface area (Å²) in [4.78, 5) is 0. The summed E-state index contributed by atoms with van der Waals surface area (Å²) in [6.07, 6.45) is 0.853. The molecule has 1 nitrogen and oxygen atoms in total. The zero-order valence-electron chi connectivity index (χ0n) is 11.8. The van der Waals surface area contributed by atoms with Crippen molar-refractivity contribution in [1.29, 1.82) is 0 Å². The van der Waals surface area contributed by atoms with Crippen LogP contribution in [0, 0.1) is 12.7 Å². The van der Waals surface area contributed by atoms with Crippen LogP contribution in [-0.2, 0) is 6.42 Å². The summed E-state index contributed by atoms with van der Waals surface area (Å²) in [5.74, 6) is -0.207. The monoisotopic (exact) mass is 335 g/mol. The second kappa shape index (κ2) is 7.00. The van der Waals surface area contributed by atoms with Crippen LogP contribution >= 0.6 is 15.9 Å². The van der Waals surface area contributed by atoms with Crippen LogP contribution in [0.5, 0.6) is 0 Å². The van der Waals surface area contributed by atoms with Crippen LogP contribution < -0.4 is 5.32 Å². The highest BCUT2D eigenvalue weighted by Crippen LogP contribution is 2.23. The highest BCUT2D eigenvalue weighted by molar-refractivity contribution is 9.10. The molecule has 0 saturated carbocycles. The van der Waals surface area contributed by atoms with Crippen molar-refractivity contribution in [2.75, 3.05) is 6.54 Å². The van der Waals surface area contributed by atoms with Crippen molar-refractivity contribution in [2.24, 2.45) is 0 Å². The fraction of sp³-hybridized carbons (Fsp3) is 0.294. The summed E-state index contributed by atoms with van der Waals surface area (Å²) in [7, 11) is 0. The van der Waals surface area contributed by atoms with E-state index in [1.165, 1.54) is 17.2 Å². The lowest BCUT2D eigenvalue weighted by Gasteiger charge is -2.19. The molecule has 1 atom stereocenters. The summed E-state index contributed by atoms with van der Waals surface area (Å²) in [6.45, 7) is 5.01. The topological polar surface area (TPSA) is 12.0 Å². The molecule has 3 heteroatoms. The van der Waals surface area contributed by atoms with Crippen molar-refractivity contribution in [1.82, 2.24) is 5.32 Å². The van der Waals surface area contributed by atoms with Crippen molar-refractivity contribution >= 4 is 15.9 Å². The lowest BCUT2D eigenvalue weighted by molar-refractivity contribution is 0.542. The molecule has 0 bridgehead atoms. The fourth-order valence-corrected chi connectivity index (χ4v) is 2.89. The molecule has 2 rings (SSSR count). The summed E-state index contributed by atoms with van der Waals surface area (Å²) < 4.78 is 14.4. The van der Waals surface area contributed by atoms with Gasteiger partial charge in [-0.1, -0.05) is 52.7 Å². The minimum Gasteiger partial charge on any atom is -0.310 e. The van der Waals surface area contributed by atoms with E-state index in [2.05, 4.69) is 59.4 Å². The van der Waals surface area contributed by atoms with Gasteiger partial charge < -0.3 is 5.32 Å². The maximum Gasteiger partial charge on any atom is 0.124 e. The number of hydrogen-bond acceptors (Lipinski definition) is 1. The van der Waals surface area contributed by atoms with Gasteiger partial charge in [0.25, 0.3) is 0 Å². The number of rotatable bonds is 5. The van der Waals surface area contributed by atoms with Crippen LogP contribution in [0.25, 0.3) is 0 Å². The van der Waals surface area contributed by atoms with Crippen LogP contribution in [0.15, 0.2) is 46.9 Å². The lowest BCUT2D eigenvalue weighted by atomic mass is 9.98. The summed E-state index contributed by atoms with van der Waals surface area (Å²) in [6, 6.07) is 13.6. The molecule has 0 aliphatic carbocycles. The predicted octanol–water partition coefficient (Wildman–Crippen LogP) is 4.79. The maximum atomic E-state index is 13.6. The molecule has 0 aliphatic heterocycles. The van der Waals surface area contributed by atoms with Gasteiger partial charge >= 0.3 is 0 Å². The molecule has 0 spiro atoms. The Morgan fingerprint density at radius 2 is 2.00 bits per heavy atom. The van der Waals surface area contributed by atoms with Crippen LogP contribution in [0.4, 0.5) is 4.39 Å². The van der Waals surface area contributed by atoms with Crippen molar-refractivity contribution in [2.45, 2.75) is 26.3 Å². The molecule has 0 radical (unpaired) electrons. The molecule has 1 N–H and O–H groups in total. The Labute approximate surface area is 128 Å². The zero-order valence-corrected chi connectivity index (χ0v) is 13.4. The Balaban J connectivity index is 2.26. The SMILES string of the molecule is CCNC(Cc1cccc(C)c1)c1cc(F)cc(Br)c1. The number of benzene rings is 2. The number of aryl methyl sites for hydroxylation is 1. The molecule has 0 heterocycles. The van der Waals surface area contributed by atoms with E-state index in [1.807, 2.05) is 6.07 Å². The first kappa shape index (κ1) is 15.2. The van der Waals surface area contributed by atoms with Gasteiger partial charge in [0.05, 0.1) is 0 Å². The minimum atomic E-state index is -0.207. The Kier molecular flexibility index (Phi) is 5.32. The third-order valence-corrected chi connectivity index (χ3v) is 3.72. The summed E-state index contributed by atoms with van der Waals surface area (Å²) in [5.41, 5.74) is 3.48. The van der Waals surface area contributed by atoms with Crippen molar-refractivity contribution in [3.8, 4) is 0 Å². The molecule has 20 heavy (non-hydrogen) atoms. The second-order valence-corrected chi connectivity index (χ2v) is 5.92. The Morgan fingerprint density at radius 1 is 1.20 bits per heavy atom. The van der Waals surface area contributed by atoms with Gasteiger partial charge in [-0.3, -0.25) is 0 Å². The van der Waals surface area contributed by atoms with Gasteiger partial charge in [-0.05, 0) is 49.2 Å². The molecular formula is C17H19BrFN. The zero-order chi connectivity index (χ0) is 14.5. The summed E-state index contributed by atoms with van der Waals surface area (Å²) >= 11 is 3.36. The third-order valence-electron chi connectivity index (χ3n) is 3.26. The molecule has 2 aromatic rings. The van der Waals surface area contributed by atoms with E-state index in [4.69, 9.17) is 0 Å². The molecule has 106 valence electrons. The molecule has 2 aromatic carbocycles. The normalized spacial score (nSPS) is 12.4. The average Bonchev–Trinajstić information content (AvgIpc) is 2.37. The van der Waals surface area contributed by atoms with Crippen LogP contribution in [-0.4, -0.2) is 6.54 Å². The predicted molar refractivity (Wildman–Crippen MR) is 85.4 cm³/mol. The smallest absolute Gasteiger partial charge is 0.124 e. The number of nitrogens with one attached hydrogen (secondary N) is 1. The van der Waals surface area contributed by atoms with Crippen molar-refractivity contribution in [3.63, 3.8) is 0 Å². The molecule has 1 unspecified atom stereocenters. The van der Waals surface area contributed by atoms with Gasteiger partial charge in [0.1, 0.15) is 5.82 Å². The van der Waals surface area contributed by atoms with E-state index < -0.39 is 0 Å². The van der Waals surface area contributed by atoms with Gasteiger partial charge in [-0.2, -0.15) is 0 Å². The van der Waals surface area contributed by atoms with Crippen LogP contribution in [0.1, 0.15) is 29.7 Å². The lowest BCUT2D eigenvalue weighted by Crippen LogP contribution is -2.23. The standard InChI is InChI=1S/C17H19BrFN/c1-3-20-17(8-13-6-4-5-12(2)7-13)14-9-15(18)11-16(19)10-14/h4-7,9-11,17,20H,3,8H2,1-2H3. The molecule has 0 fully saturated rings. The number of hydrogen-bond donors (Lipinski definition) is 1. The van der Waals surface area contributed by atoms with E-state index in [9.17, 15) is 4.39 Å². The number of halogens is 2. The van der Waals surface area contributed by atoms with E-state index in [0.717, 1.165) is 23.0 Å².